The minimum absolute atomic E-state index is 0.0717. The van der Waals surface area contributed by atoms with Crippen LogP contribution in [0.1, 0.15) is 15.9 Å². The van der Waals surface area contributed by atoms with Gasteiger partial charge in [0.1, 0.15) is 5.82 Å². The highest BCUT2D eigenvalue weighted by Gasteiger charge is 2.35. The third kappa shape index (κ3) is 3.80. The first-order valence-electron chi connectivity index (χ1n) is 7.99. The van der Waals surface area contributed by atoms with Gasteiger partial charge >= 0.3 is 6.18 Å². The smallest absolute Gasteiger partial charge is 0.399 e. The molecular weight excluding hydrogens is 395 g/mol. The van der Waals surface area contributed by atoms with Gasteiger partial charge < -0.3 is 10.6 Å². The van der Waals surface area contributed by atoms with Crippen molar-refractivity contribution in [1.29, 1.82) is 0 Å². The summed E-state index contributed by atoms with van der Waals surface area (Å²) in [6.45, 7) is -0.0717. The average molecular weight is 410 g/mol. The van der Waals surface area contributed by atoms with Crippen LogP contribution >= 0.6 is 11.6 Å². The van der Waals surface area contributed by atoms with Gasteiger partial charge in [-0.15, -0.1) is 0 Å². The molecule has 1 aromatic heterocycles. The number of hydrogen-bond acceptors (Lipinski definition) is 5. The zero-order valence-corrected chi connectivity index (χ0v) is 15.1. The van der Waals surface area contributed by atoms with Crippen molar-refractivity contribution in [2.45, 2.75) is 6.18 Å². The fourth-order valence-electron chi connectivity index (χ4n) is 2.65. The van der Waals surface area contributed by atoms with E-state index in [4.69, 9.17) is 23.2 Å². The molecule has 2 aromatic rings. The summed E-state index contributed by atoms with van der Waals surface area (Å²) < 4.78 is 39.1. The fourth-order valence-corrected chi connectivity index (χ4v) is 2.96. The Hall–Kier alpha value is -3.04. The summed E-state index contributed by atoms with van der Waals surface area (Å²) in [5, 5.41) is 0.598. The SMILES string of the molecule is NC1=C(N(N)c2ccccn2)C=CN(C(=O)c2cccc(C(F)(F)F)c2Cl)C1. The number of pyridine rings is 1. The van der Waals surface area contributed by atoms with Gasteiger partial charge in [0.05, 0.1) is 34.1 Å². The number of halogens is 4. The second-order valence-electron chi connectivity index (χ2n) is 5.88. The monoisotopic (exact) mass is 409 g/mol. The summed E-state index contributed by atoms with van der Waals surface area (Å²) in [5.41, 5.74) is 5.34. The number of hydrazine groups is 1. The molecule has 3 rings (SSSR count). The van der Waals surface area contributed by atoms with Gasteiger partial charge in [0.2, 0.25) is 0 Å². The number of benzene rings is 1. The van der Waals surface area contributed by atoms with Crippen molar-refractivity contribution in [2.75, 3.05) is 11.6 Å². The molecule has 2 heterocycles. The van der Waals surface area contributed by atoms with Crippen LogP contribution in [0.2, 0.25) is 5.02 Å². The molecule has 0 radical (unpaired) electrons. The van der Waals surface area contributed by atoms with Crippen molar-refractivity contribution in [1.82, 2.24) is 9.88 Å². The summed E-state index contributed by atoms with van der Waals surface area (Å²) >= 11 is 5.83. The van der Waals surface area contributed by atoms with Crippen molar-refractivity contribution in [3.05, 3.63) is 82.4 Å². The number of carbonyl (C=O) groups excluding carboxylic acids is 1. The second kappa shape index (κ2) is 7.53. The standard InChI is InChI=1S/C18H15ClF3N5O/c19-16-11(4-3-5-12(16)18(20,21)22)17(28)26-9-7-14(13(23)10-26)27(24)15-6-1-2-8-25-15/h1-9H,10,23-24H2. The van der Waals surface area contributed by atoms with E-state index in [2.05, 4.69) is 4.98 Å². The van der Waals surface area contributed by atoms with E-state index in [9.17, 15) is 18.0 Å². The van der Waals surface area contributed by atoms with Gasteiger partial charge in [0, 0.05) is 12.4 Å². The van der Waals surface area contributed by atoms with E-state index >= 15 is 0 Å². The van der Waals surface area contributed by atoms with Crippen molar-refractivity contribution >= 4 is 23.3 Å². The number of aromatic nitrogens is 1. The van der Waals surface area contributed by atoms with Crippen LogP contribution in [0.3, 0.4) is 0 Å². The number of nitrogens with two attached hydrogens (primary N) is 2. The van der Waals surface area contributed by atoms with Gasteiger partial charge in [0.25, 0.3) is 5.91 Å². The van der Waals surface area contributed by atoms with E-state index in [0.29, 0.717) is 11.5 Å². The minimum atomic E-state index is -4.67. The zero-order valence-electron chi connectivity index (χ0n) is 14.3. The molecule has 0 unspecified atom stereocenters. The highest BCUT2D eigenvalue weighted by molar-refractivity contribution is 6.34. The van der Waals surface area contributed by atoms with E-state index in [0.717, 1.165) is 17.0 Å². The Kier molecular flexibility index (Phi) is 5.30. The molecule has 1 aliphatic rings. The second-order valence-corrected chi connectivity index (χ2v) is 6.26. The van der Waals surface area contributed by atoms with Crippen LogP contribution in [0.15, 0.2) is 66.3 Å². The summed E-state index contributed by atoms with van der Waals surface area (Å²) in [5.74, 6) is 5.74. The normalized spacial score (nSPS) is 14.4. The Labute approximate surface area is 163 Å². The van der Waals surface area contributed by atoms with Crippen molar-refractivity contribution in [3.63, 3.8) is 0 Å². The number of nitrogens with zero attached hydrogens (tertiary/aromatic N) is 3. The van der Waals surface area contributed by atoms with Crippen LogP contribution in [0.5, 0.6) is 0 Å². The molecule has 1 amide bonds. The highest BCUT2D eigenvalue weighted by Crippen LogP contribution is 2.36. The topological polar surface area (TPSA) is 88.5 Å². The molecule has 28 heavy (non-hydrogen) atoms. The quantitative estimate of drug-likeness (QED) is 0.600. The van der Waals surface area contributed by atoms with Gasteiger partial charge in [-0.05, 0) is 30.3 Å². The summed E-state index contributed by atoms with van der Waals surface area (Å²) in [7, 11) is 0. The van der Waals surface area contributed by atoms with Crippen molar-refractivity contribution in [3.8, 4) is 0 Å². The molecule has 4 N–H and O–H groups in total. The van der Waals surface area contributed by atoms with Crippen LogP contribution in [0, 0.1) is 0 Å². The number of allylic oxidation sites excluding steroid dienone is 1. The molecule has 0 saturated carbocycles. The Morgan fingerprint density at radius 2 is 1.96 bits per heavy atom. The Morgan fingerprint density at radius 1 is 1.21 bits per heavy atom. The first kappa shape index (κ1) is 19.7. The molecule has 6 nitrogen and oxygen atoms in total. The maximum atomic E-state index is 13.0. The van der Waals surface area contributed by atoms with Gasteiger partial charge in [-0.1, -0.05) is 23.7 Å². The van der Waals surface area contributed by atoms with Crippen molar-refractivity contribution < 1.29 is 18.0 Å². The molecule has 146 valence electrons. The third-order valence-electron chi connectivity index (χ3n) is 4.03. The molecule has 0 saturated heterocycles. The predicted octanol–water partition coefficient (Wildman–Crippen LogP) is 3.27. The summed E-state index contributed by atoms with van der Waals surface area (Å²) in [4.78, 5) is 17.9. The van der Waals surface area contributed by atoms with Crippen LogP contribution in [-0.2, 0) is 6.18 Å². The van der Waals surface area contributed by atoms with Crippen molar-refractivity contribution in [2.24, 2.45) is 11.6 Å². The molecule has 0 spiro atoms. The predicted molar refractivity (Wildman–Crippen MR) is 98.7 cm³/mol. The largest absolute Gasteiger partial charge is 0.417 e. The number of hydrogen-bond donors (Lipinski definition) is 2. The Morgan fingerprint density at radius 3 is 2.57 bits per heavy atom. The first-order chi connectivity index (χ1) is 13.2. The van der Waals surface area contributed by atoms with Gasteiger partial charge in [-0.2, -0.15) is 13.2 Å². The number of rotatable bonds is 3. The lowest BCUT2D eigenvalue weighted by Crippen LogP contribution is -2.39. The van der Waals surface area contributed by atoms with Gasteiger partial charge in [-0.25, -0.2) is 10.8 Å². The lowest BCUT2D eigenvalue weighted by molar-refractivity contribution is -0.137. The molecule has 1 aliphatic heterocycles. The molecule has 0 fully saturated rings. The van der Waals surface area contributed by atoms with Crippen LogP contribution in [0.25, 0.3) is 0 Å². The molecule has 10 heteroatoms. The number of amides is 1. The van der Waals surface area contributed by atoms with Crippen LogP contribution in [-0.4, -0.2) is 22.3 Å². The van der Waals surface area contributed by atoms with E-state index in [1.165, 1.54) is 23.4 Å². The lowest BCUT2D eigenvalue weighted by Gasteiger charge is -2.28. The lowest BCUT2D eigenvalue weighted by atomic mass is 10.1. The maximum Gasteiger partial charge on any atom is 0.417 e. The summed E-state index contributed by atoms with van der Waals surface area (Å²) in [6.07, 6.45) is -0.246. The van der Waals surface area contributed by atoms with E-state index < -0.39 is 22.7 Å². The van der Waals surface area contributed by atoms with Crippen LogP contribution < -0.4 is 16.6 Å². The number of alkyl halides is 3. The molecule has 0 atom stereocenters. The van der Waals surface area contributed by atoms with E-state index in [1.54, 1.807) is 24.4 Å². The molecule has 1 aromatic carbocycles. The summed E-state index contributed by atoms with van der Waals surface area (Å²) in [6, 6.07) is 8.32. The van der Waals surface area contributed by atoms with E-state index in [1.807, 2.05) is 0 Å². The first-order valence-corrected chi connectivity index (χ1v) is 8.37. The highest BCUT2D eigenvalue weighted by atomic mass is 35.5. The molecule has 0 aliphatic carbocycles. The van der Waals surface area contributed by atoms with Gasteiger partial charge in [-0.3, -0.25) is 9.80 Å². The third-order valence-corrected chi connectivity index (χ3v) is 4.44. The number of anilines is 1. The minimum Gasteiger partial charge on any atom is -0.399 e. The van der Waals surface area contributed by atoms with Gasteiger partial charge in [0.15, 0.2) is 0 Å². The Bertz CT molecular complexity index is 959. The Balaban J connectivity index is 1.84. The fraction of sp³-hybridized carbons (Fsp3) is 0.111. The molecular formula is C18H15ClF3N5O. The molecule has 0 bridgehead atoms. The van der Waals surface area contributed by atoms with E-state index in [-0.39, 0.29) is 17.8 Å². The number of carbonyl (C=O) groups is 1. The maximum absolute atomic E-state index is 13.0. The van der Waals surface area contributed by atoms with Crippen LogP contribution in [0.4, 0.5) is 19.0 Å². The zero-order chi connectivity index (χ0) is 20.5. The average Bonchev–Trinajstić information content (AvgIpc) is 2.67.